The molecule has 2 heterocycles. The number of piperidine rings is 1. The summed E-state index contributed by atoms with van der Waals surface area (Å²) in [6, 6.07) is 0.0766. The predicted octanol–water partition coefficient (Wildman–Crippen LogP) is 2.57. The first-order valence-electron chi connectivity index (χ1n) is 10.3. The normalized spacial score (nSPS) is 17.3. The van der Waals surface area contributed by atoms with Crippen molar-refractivity contribution in [3.63, 3.8) is 0 Å². The van der Waals surface area contributed by atoms with E-state index < -0.39 is 11.7 Å². The van der Waals surface area contributed by atoms with Gasteiger partial charge in [-0.2, -0.15) is 0 Å². The lowest BCUT2D eigenvalue weighted by Gasteiger charge is -2.35. The van der Waals surface area contributed by atoms with Crippen molar-refractivity contribution in [1.29, 1.82) is 0 Å². The van der Waals surface area contributed by atoms with Crippen molar-refractivity contribution in [3.05, 3.63) is 11.1 Å². The molecule has 30 heavy (non-hydrogen) atoms. The first kappa shape index (κ1) is 24.1. The topological polar surface area (TPSA) is 110 Å². The van der Waals surface area contributed by atoms with Crippen LogP contribution in [-0.4, -0.2) is 65.7 Å². The molecule has 1 aromatic heterocycles. The summed E-state index contributed by atoms with van der Waals surface area (Å²) in [4.78, 5) is 42.3. The van der Waals surface area contributed by atoms with Crippen LogP contribution in [0.25, 0.3) is 0 Å². The van der Waals surface area contributed by atoms with Gasteiger partial charge in [0.05, 0.1) is 25.3 Å². The number of hydrogen-bond donors (Lipinski definition) is 2. The maximum atomic E-state index is 12.5. The third-order valence-electron chi connectivity index (χ3n) is 4.41. The highest BCUT2D eigenvalue weighted by Gasteiger charge is 2.26. The molecule has 2 amide bonds. The molecule has 0 spiro atoms. The lowest BCUT2D eigenvalue weighted by atomic mass is 10.0. The lowest BCUT2D eigenvalue weighted by Crippen LogP contribution is -2.49. The average Bonchev–Trinajstić information content (AvgIpc) is 3.06. The zero-order chi connectivity index (χ0) is 22.1. The van der Waals surface area contributed by atoms with Crippen LogP contribution in [0.15, 0.2) is 5.38 Å². The Hall–Kier alpha value is -2.20. The number of likely N-dealkylation sites (tertiary alicyclic amines) is 1. The summed E-state index contributed by atoms with van der Waals surface area (Å²) < 4.78 is 10.2. The van der Waals surface area contributed by atoms with Gasteiger partial charge in [-0.1, -0.05) is 6.42 Å². The SMILES string of the molecule is CCOC(=O)Cc1csc(NC(=O)CN2CCCC[C@@H]2CNC(=O)OC(C)(C)C)n1. The summed E-state index contributed by atoms with van der Waals surface area (Å²) in [5.41, 5.74) is 0.0296. The van der Waals surface area contributed by atoms with Crippen molar-refractivity contribution < 1.29 is 23.9 Å². The van der Waals surface area contributed by atoms with E-state index in [9.17, 15) is 14.4 Å². The van der Waals surface area contributed by atoms with Crippen LogP contribution < -0.4 is 10.6 Å². The largest absolute Gasteiger partial charge is 0.466 e. The van der Waals surface area contributed by atoms with Gasteiger partial charge in [0.25, 0.3) is 0 Å². The summed E-state index contributed by atoms with van der Waals surface area (Å²) in [5.74, 6) is -0.509. The molecule has 1 saturated heterocycles. The number of hydrogen-bond acceptors (Lipinski definition) is 8. The van der Waals surface area contributed by atoms with Crippen molar-refractivity contribution in [2.45, 2.75) is 65.0 Å². The van der Waals surface area contributed by atoms with E-state index in [2.05, 4.69) is 20.5 Å². The monoisotopic (exact) mass is 440 g/mol. The number of anilines is 1. The van der Waals surface area contributed by atoms with Gasteiger partial charge in [-0.15, -0.1) is 11.3 Å². The van der Waals surface area contributed by atoms with E-state index in [4.69, 9.17) is 9.47 Å². The maximum Gasteiger partial charge on any atom is 0.407 e. The Balaban J connectivity index is 1.83. The minimum Gasteiger partial charge on any atom is -0.466 e. The number of carbonyl (C=O) groups is 3. The fourth-order valence-corrected chi connectivity index (χ4v) is 3.89. The van der Waals surface area contributed by atoms with Crippen molar-refractivity contribution in [3.8, 4) is 0 Å². The van der Waals surface area contributed by atoms with E-state index in [1.54, 1.807) is 12.3 Å². The number of thiazole rings is 1. The highest BCUT2D eigenvalue weighted by Crippen LogP contribution is 2.19. The molecule has 1 fully saturated rings. The van der Waals surface area contributed by atoms with Crippen molar-refractivity contribution >= 4 is 34.4 Å². The Morgan fingerprint density at radius 2 is 2.07 bits per heavy atom. The van der Waals surface area contributed by atoms with Gasteiger partial charge in [0.15, 0.2) is 5.13 Å². The van der Waals surface area contributed by atoms with Gasteiger partial charge < -0.3 is 20.1 Å². The van der Waals surface area contributed by atoms with Gasteiger partial charge in [0.2, 0.25) is 5.91 Å². The van der Waals surface area contributed by atoms with Crippen LogP contribution >= 0.6 is 11.3 Å². The first-order chi connectivity index (χ1) is 14.2. The summed E-state index contributed by atoms with van der Waals surface area (Å²) in [6.07, 6.45) is 2.61. The molecule has 1 aliphatic rings. The molecule has 1 aromatic rings. The number of esters is 1. The zero-order valence-electron chi connectivity index (χ0n) is 18.2. The molecule has 2 rings (SSSR count). The van der Waals surface area contributed by atoms with Gasteiger partial charge in [-0.05, 0) is 47.1 Å². The summed E-state index contributed by atoms with van der Waals surface area (Å²) >= 11 is 1.28. The summed E-state index contributed by atoms with van der Waals surface area (Å²) in [5, 5.41) is 7.79. The Kier molecular flexibility index (Phi) is 9.04. The zero-order valence-corrected chi connectivity index (χ0v) is 19.0. The number of carbonyl (C=O) groups excluding carboxylic acids is 3. The molecule has 9 nitrogen and oxygen atoms in total. The number of nitrogens with one attached hydrogen (secondary N) is 2. The third kappa shape index (κ3) is 8.66. The molecular formula is C20H32N4O5S. The fraction of sp³-hybridized carbons (Fsp3) is 0.700. The third-order valence-corrected chi connectivity index (χ3v) is 5.21. The van der Waals surface area contributed by atoms with E-state index in [0.29, 0.717) is 24.0 Å². The highest BCUT2D eigenvalue weighted by atomic mass is 32.1. The van der Waals surface area contributed by atoms with Crippen molar-refractivity contribution in [2.75, 3.05) is 31.6 Å². The number of amides is 2. The van der Waals surface area contributed by atoms with E-state index in [-0.39, 0.29) is 30.9 Å². The Morgan fingerprint density at radius 3 is 2.77 bits per heavy atom. The van der Waals surface area contributed by atoms with Gasteiger partial charge in [-0.25, -0.2) is 9.78 Å². The second-order valence-corrected chi connectivity index (χ2v) is 9.03. The van der Waals surface area contributed by atoms with E-state index in [0.717, 1.165) is 25.8 Å². The molecule has 1 aliphatic heterocycles. The molecule has 0 aromatic carbocycles. The van der Waals surface area contributed by atoms with Gasteiger partial charge in [0.1, 0.15) is 5.60 Å². The van der Waals surface area contributed by atoms with Gasteiger partial charge in [-0.3, -0.25) is 14.5 Å². The maximum absolute atomic E-state index is 12.5. The fourth-order valence-electron chi connectivity index (χ4n) is 3.16. The number of nitrogens with zero attached hydrogens (tertiary/aromatic N) is 2. The van der Waals surface area contributed by atoms with Crippen LogP contribution in [0, 0.1) is 0 Å². The molecule has 168 valence electrons. The molecule has 0 saturated carbocycles. The quantitative estimate of drug-likeness (QED) is 0.598. The number of alkyl carbamates (subject to hydrolysis) is 1. The first-order valence-corrected chi connectivity index (χ1v) is 11.1. The summed E-state index contributed by atoms with van der Waals surface area (Å²) in [6.45, 7) is 8.98. The molecule has 1 atom stereocenters. The Bertz CT molecular complexity index is 731. The molecule has 0 aliphatic carbocycles. The van der Waals surface area contributed by atoms with Crippen molar-refractivity contribution in [2.24, 2.45) is 0 Å². The minimum atomic E-state index is -0.546. The van der Waals surface area contributed by atoms with Crippen LogP contribution in [-0.2, 0) is 25.5 Å². The van der Waals surface area contributed by atoms with E-state index in [1.165, 1.54) is 11.3 Å². The second-order valence-electron chi connectivity index (χ2n) is 8.18. The van der Waals surface area contributed by atoms with Crippen LogP contribution in [0.3, 0.4) is 0 Å². The predicted molar refractivity (Wildman–Crippen MR) is 115 cm³/mol. The Morgan fingerprint density at radius 1 is 1.30 bits per heavy atom. The number of aromatic nitrogens is 1. The van der Waals surface area contributed by atoms with Crippen molar-refractivity contribution in [1.82, 2.24) is 15.2 Å². The Labute approximate surface area is 181 Å². The van der Waals surface area contributed by atoms with Crippen LogP contribution in [0.4, 0.5) is 9.93 Å². The number of rotatable bonds is 8. The number of ether oxygens (including phenoxy) is 2. The molecular weight excluding hydrogens is 408 g/mol. The minimum absolute atomic E-state index is 0.0766. The smallest absolute Gasteiger partial charge is 0.407 e. The molecule has 0 unspecified atom stereocenters. The van der Waals surface area contributed by atoms with E-state index >= 15 is 0 Å². The van der Waals surface area contributed by atoms with E-state index in [1.807, 2.05) is 20.8 Å². The van der Waals surface area contributed by atoms with Crippen LogP contribution in [0.5, 0.6) is 0 Å². The van der Waals surface area contributed by atoms with Gasteiger partial charge >= 0.3 is 12.1 Å². The molecule has 0 radical (unpaired) electrons. The molecule has 0 bridgehead atoms. The summed E-state index contributed by atoms with van der Waals surface area (Å²) in [7, 11) is 0. The second kappa shape index (κ2) is 11.3. The van der Waals surface area contributed by atoms with Crippen LogP contribution in [0.1, 0.15) is 52.7 Å². The highest BCUT2D eigenvalue weighted by molar-refractivity contribution is 7.13. The lowest BCUT2D eigenvalue weighted by molar-refractivity contribution is -0.142. The van der Waals surface area contributed by atoms with Crippen LogP contribution in [0.2, 0.25) is 0 Å². The molecule has 2 N–H and O–H groups in total. The standard InChI is InChI=1S/C20H32N4O5S/c1-5-28-17(26)10-14-13-30-18(22-14)23-16(25)12-24-9-7-6-8-15(24)11-21-19(27)29-20(2,3)4/h13,15H,5-12H2,1-4H3,(H,21,27)(H,22,23,25)/t15-/m1/s1. The van der Waals surface area contributed by atoms with Gasteiger partial charge in [0, 0.05) is 18.0 Å². The average molecular weight is 441 g/mol. The molecule has 10 heteroatoms.